The molecule has 0 amide bonds. The highest BCUT2D eigenvalue weighted by atomic mass is 32.2. The van der Waals surface area contributed by atoms with Gasteiger partial charge in [-0.15, -0.1) is 0 Å². The van der Waals surface area contributed by atoms with Gasteiger partial charge in [0.15, 0.2) is 0 Å². The fraction of sp³-hybridized carbons (Fsp3) is 0.265. The summed E-state index contributed by atoms with van der Waals surface area (Å²) in [5, 5.41) is 17.4. The second kappa shape index (κ2) is 13.4. The maximum absolute atomic E-state index is 14.2. The Balaban J connectivity index is 1.47. The maximum Gasteiger partial charge on any atom is 0.338 e. The molecule has 11 heteroatoms. The largest absolute Gasteiger partial charge is 0.490 e. The zero-order chi connectivity index (χ0) is 32.1. The molecule has 0 aliphatic carbocycles. The molecule has 0 unspecified atom stereocenters. The molecule has 0 saturated carbocycles. The molecule has 4 aromatic carbocycles. The van der Waals surface area contributed by atoms with Crippen molar-refractivity contribution in [1.29, 1.82) is 10.8 Å². The van der Waals surface area contributed by atoms with Crippen molar-refractivity contribution < 1.29 is 22.7 Å². The lowest BCUT2D eigenvalue weighted by Crippen LogP contribution is -2.40. The van der Waals surface area contributed by atoms with E-state index in [4.69, 9.17) is 26.0 Å². The number of esters is 1. The summed E-state index contributed by atoms with van der Waals surface area (Å²) in [4.78, 5) is 14.4. The number of nitrogens with two attached hydrogens (primary N) is 1. The molecule has 10 nitrogen and oxygen atoms in total. The minimum absolute atomic E-state index is 0.00778. The Labute approximate surface area is 263 Å². The lowest BCUT2D eigenvalue weighted by Gasteiger charge is -2.33. The number of likely N-dealkylation sites (tertiary alicyclic amines) is 1. The number of carbonyl (C=O) groups excluding carboxylic acids is 1. The smallest absolute Gasteiger partial charge is 0.338 e. The van der Waals surface area contributed by atoms with Crippen molar-refractivity contribution in [3.8, 4) is 5.75 Å². The van der Waals surface area contributed by atoms with Crippen molar-refractivity contribution in [3.05, 3.63) is 102 Å². The van der Waals surface area contributed by atoms with Gasteiger partial charge in [-0.3, -0.25) is 15.1 Å². The molecule has 0 bridgehead atoms. The number of hydrogen-bond acceptors (Lipinski definition) is 7. The van der Waals surface area contributed by atoms with E-state index in [9.17, 15) is 13.2 Å². The molecule has 0 aromatic heterocycles. The molecule has 1 aliphatic heterocycles. The van der Waals surface area contributed by atoms with Gasteiger partial charge in [0, 0.05) is 31.5 Å². The summed E-state index contributed by atoms with van der Waals surface area (Å²) in [6.45, 7) is 5.17. The number of piperidine rings is 1. The number of carbonyl (C=O) groups is 1. The molecule has 4 aromatic rings. The summed E-state index contributed by atoms with van der Waals surface area (Å²) in [5.41, 5.74) is 7.58. The zero-order valence-electron chi connectivity index (χ0n) is 25.3. The molecular weight excluding hydrogens is 590 g/mol. The van der Waals surface area contributed by atoms with Crippen LogP contribution in [0.25, 0.3) is 10.8 Å². The van der Waals surface area contributed by atoms with Gasteiger partial charge in [-0.2, -0.15) is 0 Å². The fourth-order valence-electron chi connectivity index (χ4n) is 5.36. The van der Waals surface area contributed by atoms with Gasteiger partial charge in [-0.1, -0.05) is 30.3 Å². The lowest BCUT2D eigenvalue weighted by molar-refractivity contribution is 0.0526. The number of benzene rings is 4. The van der Waals surface area contributed by atoms with Crippen molar-refractivity contribution in [2.24, 2.45) is 5.73 Å². The lowest BCUT2D eigenvalue weighted by atomic mass is 10.0. The molecule has 0 radical (unpaired) electrons. The first-order chi connectivity index (χ1) is 21.5. The van der Waals surface area contributed by atoms with Crippen LogP contribution in [0.2, 0.25) is 0 Å². The molecule has 1 heterocycles. The average molecular weight is 628 g/mol. The van der Waals surface area contributed by atoms with Crippen LogP contribution in [0.1, 0.15) is 48.2 Å². The first kappa shape index (κ1) is 31.5. The predicted molar refractivity (Wildman–Crippen MR) is 176 cm³/mol. The fourth-order valence-corrected chi connectivity index (χ4v) is 6.86. The van der Waals surface area contributed by atoms with Gasteiger partial charge in [0.25, 0.3) is 10.0 Å². The molecule has 1 aliphatic rings. The van der Waals surface area contributed by atoms with E-state index >= 15 is 0 Å². The monoisotopic (exact) mass is 627 g/mol. The number of nitrogens with zero attached hydrogens (tertiary/aromatic N) is 2. The number of sulfonamides is 1. The number of fused-ring (bicyclic) bond motifs is 1. The van der Waals surface area contributed by atoms with E-state index in [1.807, 2.05) is 35.2 Å². The summed E-state index contributed by atoms with van der Waals surface area (Å²) >= 11 is 0. The predicted octanol–water partition coefficient (Wildman–Crippen LogP) is 5.54. The van der Waals surface area contributed by atoms with E-state index in [2.05, 4.69) is 0 Å². The zero-order valence-corrected chi connectivity index (χ0v) is 26.1. The number of amidine groups is 2. The number of nitrogen functional groups attached to an aromatic ring is 1. The van der Waals surface area contributed by atoms with Crippen LogP contribution in [0.4, 0.5) is 5.69 Å². The highest BCUT2D eigenvalue weighted by Crippen LogP contribution is 2.30. The van der Waals surface area contributed by atoms with Crippen LogP contribution in [-0.2, 0) is 21.3 Å². The first-order valence-electron chi connectivity index (χ1n) is 14.8. The maximum atomic E-state index is 14.2. The van der Waals surface area contributed by atoms with Gasteiger partial charge >= 0.3 is 5.97 Å². The highest BCUT2D eigenvalue weighted by molar-refractivity contribution is 7.92. The van der Waals surface area contributed by atoms with Crippen LogP contribution in [0, 0.1) is 10.8 Å². The van der Waals surface area contributed by atoms with Crippen LogP contribution in [0.15, 0.2) is 89.8 Å². The Morgan fingerprint density at radius 3 is 2.31 bits per heavy atom. The highest BCUT2D eigenvalue weighted by Gasteiger charge is 2.27. The molecule has 45 heavy (non-hydrogen) atoms. The van der Waals surface area contributed by atoms with E-state index < -0.39 is 16.0 Å². The van der Waals surface area contributed by atoms with Gasteiger partial charge in [-0.05, 0) is 84.8 Å². The van der Waals surface area contributed by atoms with Crippen molar-refractivity contribution in [3.63, 3.8) is 0 Å². The SMILES string of the molecule is CCOC(=O)c1cccc(S(=O)(=O)N(Cc2ccc3ccc(C(=N)N)cc3c2)c2ccc(OC3CCN(C(C)=N)CC3)cc2)c1. The third-order valence-corrected chi connectivity index (χ3v) is 9.59. The Morgan fingerprint density at radius 2 is 1.64 bits per heavy atom. The topological polar surface area (TPSA) is 150 Å². The number of nitrogens with one attached hydrogen (secondary N) is 2. The molecule has 0 atom stereocenters. The van der Waals surface area contributed by atoms with Crippen LogP contribution >= 0.6 is 0 Å². The number of anilines is 1. The molecule has 5 rings (SSSR count). The van der Waals surface area contributed by atoms with Gasteiger partial charge in [0.05, 0.1) is 35.1 Å². The Kier molecular flexibility index (Phi) is 9.38. The Hall–Kier alpha value is -4.90. The van der Waals surface area contributed by atoms with Crippen molar-refractivity contribution in [1.82, 2.24) is 4.90 Å². The Bertz CT molecular complexity index is 1830. The molecule has 0 spiro atoms. The molecular formula is C34H37N5O5S. The van der Waals surface area contributed by atoms with Gasteiger partial charge in [-0.25, -0.2) is 13.2 Å². The quantitative estimate of drug-likeness (QED) is 0.119. The molecule has 234 valence electrons. The number of ether oxygens (including phenoxy) is 2. The van der Waals surface area contributed by atoms with Crippen LogP contribution in [0.5, 0.6) is 5.75 Å². The normalized spacial score (nSPS) is 13.8. The first-order valence-corrected chi connectivity index (χ1v) is 16.2. The van der Waals surface area contributed by atoms with E-state index in [0.29, 0.717) is 22.8 Å². The third kappa shape index (κ3) is 7.26. The van der Waals surface area contributed by atoms with Crippen molar-refractivity contribution >= 4 is 44.1 Å². The van der Waals surface area contributed by atoms with Gasteiger partial charge in [0.2, 0.25) is 0 Å². The van der Waals surface area contributed by atoms with Crippen LogP contribution in [0.3, 0.4) is 0 Å². The van der Waals surface area contributed by atoms with E-state index in [0.717, 1.165) is 42.3 Å². The van der Waals surface area contributed by atoms with E-state index in [1.165, 1.54) is 28.6 Å². The minimum atomic E-state index is -4.15. The van der Waals surface area contributed by atoms with Crippen molar-refractivity contribution in [2.45, 2.75) is 44.2 Å². The van der Waals surface area contributed by atoms with Crippen LogP contribution in [-0.4, -0.2) is 56.8 Å². The number of rotatable bonds is 10. The molecule has 1 saturated heterocycles. The summed E-state index contributed by atoms with van der Waals surface area (Å²) in [5.74, 6) is 0.538. The van der Waals surface area contributed by atoms with E-state index in [1.54, 1.807) is 44.2 Å². The van der Waals surface area contributed by atoms with E-state index in [-0.39, 0.29) is 35.6 Å². The second-order valence-electron chi connectivity index (χ2n) is 11.0. The molecule has 4 N–H and O–H groups in total. The van der Waals surface area contributed by atoms with Gasteiger partial charge < -0.3 is 20.1 Å². The summed E-state index contributed by atoms with van der Waals surface area (Å²) in [7, 11) is -4.15. The molecule has 1 fully saturated rings. The third-order valence-electron chi connectivity index (χ3n) is 7.82. The van der Waals surface area contributed by atoms with Crippen molar-refractivity contribution in [2.75, 3.05) is 24.0 Å². The minimum Gasteiger partial charge on any atom is -0.490 e. The summed E-state index contributed by atoms with van der Waals surface area (Å²) in [6, 6.07) is 23.9. The van der Waals surface area contributed by atoms with Gasteiger partial charge in [0.1, 0.15) is 17.7 Å². The Morgan fingerprint density at radius 1 is 0.933 bits per heavy atom. The second-order valence-corrected chi connectivity index (χ2v) is 12.8. The number of hydrogen-bond donors (Lipinski definition) is 3. The summed E-state index contributed by atoms with van der Waals surface area (Å²) in [6.07, 6.45) is 1.60. The van der Waals surface area contributed by atoms with Crippen LogP contribution < -0.4 is 14.8 Å². The summed E-state index contributed by atoms with van der Waals surface area (Å²) < 4.78 is 41.1. The average Bonchev–Trinajstić information content (AvgIpc) is 3.04. The standard InChI is InChI=1S/C34H37N5O5S/c1-3-43-34(40)27-5-4-6-32(21-27)45(41,42)39(22-24-7-8-25-9-10-26(33(36)37)20-28(25)19-24)29-11-13-30(14-12-29)44-31-15-17-38(18-16-31)23(2)35/h4-14,19-21,31,35H,3,15-18,22H2,1-2H3,(H3,36,37).